The topological polar surface area (TPSA) is 85.2 Å². The molecule has 0 saturated carbocycles. The van der Waals surface area contributed by atoms with Crippen LogP contribution < -0.4 is 14.2 Å². The monoisotopic (exact) mass is 540 g/mol. The van der Waals surface area contributed by atoms with Crippen molar-refractivity contribution in [1.82, 2.24) is 0 Å². The fraction of sp³-hybridized carbons (Fsp3) is 0.265. The van der Waals surface area contributed by atoms with E-state index in [9.17, 15) is 15.0 Å². The van der Waals surface area contributed by atoms with Crippen LogP contribution in [0.2, 0.25) is 0 Å². The van der Waals surface area contributed by atoms with Crippen LogP contribution in [0, 0.1) is 0 Å². The molecule has 0 saturated heterocycles. The molecule has 2 N–H and O–H groups in total. The van der Waals surface area contributed by atoms with E-state index in [1.54, 1.807) is 24.3 Å². The lowest BCUT2D eigenvalue weighted by Crippen LogP contribution is -2.42. The molecule has 0 amide bonds. The molecule has 0 aromatic heterocycles. The quantitative estimate of drug-likeness (QED) is 0.241. The van der Waals surface area contributed by atoms with Crippen LogP contribution >= 0.6 is 0 Å². The minimum absolute atomic E-state index is 0.0375. The number of para-hydroxylation sites is 4. The van der Waals surface area contributed by atoms with Gasteiger partial charge in [0.25, 0.3) is 5.79 Å². The molecular formula is C34H36O6. The molecule has 6 nitrogen and oxygen atoms in total. The highest BCUT2D eigenvalue weighted by Gasteiger charge is 2.37. The van der Waals surface area contributed by atoms with Crippen LogP contribution in [0.15, 0.2) is 97.1 Å². The molecule has 1 heterocycles. The van der Waals surface area contributed by atoms with Gasteiger partial charge in [0.05, 0.1) is 0 Å². The standard InChI is InChI=1S/2C17H18O3/c1-12(2)13-7-9-14(10-8-13)17(18)11-19-15-5-3-4-6-16(15)20-17;1-12(2)13-7-9-14(10-8-13)16(19)11-20-17-6-4-3-5-15(17)18/h2*3-10,12,18H,11H2,1-2H3. The van der Waals surface area contributed by atoms with Gasteiger partial charge in [0.15, 0.2) is 42.0 Å². The molecule has 0 radical (unpaired) electrons. The molecule has 4 aromatic carbocycles. The van der Waals surface area contributed by atoms with Crippen molar-refractivity contribution in [3.05, 3.63) is 119 Å². The summed E-state index contributed by atoms with van der Waals surface area (Å²) in [5.41, 5.74) is 3.75. The fourth-order valence-corrected chi connectivity index (χ4v) is 4.17. The molecule has 6 heteroatoms. The number of rotatable bonds is 7. The van der Waals surface area contributed by atoms with Crippen LogP contribution in [0.1, 0.15) is 66.6 Å². The zero-order chi connectivity index (χ0) is 28.7. The van der Waals surface area contributed by atoms with Crippen LogP contribution in [0.25, 0.3) is 0 Å². The molecule has 1 atom stereocenters. The van der Waals surface area contributed by atoms with Gasteiger partial charge in [0.2, 0.25) is 0 Å². The predicted octanol–water partition coefficient (Wildman–Crippen LogP) is 7.20. The van der Waals surface area contributed by atoms with Gasteiger partial charge in [-0.1, -0.05) is 100 Å². The largest absolute Gasteiger partial charge is 0.504 e. The first-order chi connectivity index (χ1) is 19.2. The number of aliphatic hydroxyl groups is 1. The molecular weight excluding hydrogens is 504 g/mol. The van der Waals surface area contributed by atoms with E-state index < -0.39 is 5.79 Å². The Kier molecular flexibility index (Phi) is 9.12. The van der Waals surface area contributed by atoms with Crippen molar-refractivity contribution in [2.45, 2.75) is 45.3 Å². The van der Waals surface area contributed by atoms with Crippen molar-refractivity contribution in [1.29, 1.82) is 0 Å². The number of carbonyl (C=O) groups is 1. The van der Waals surface area contributed by atoms with Crippen molar-refractivity contribution in [3.8, 4) is 23.0 Å². The molecule has 208 valence electrons. The summed E-state index contributed by atoms with van der Waals surface area (Å²) in [6.07, 6.45) is 0. The van der Waals surface area contributed by atoms with Gasteiger partial charge in [-0.25, -0.2) is 0 Å². The summed E-state index contributed by atoms with van der Waals surface area (Å²) in [6.45, 7) is 8.50. The molecule has 1 unspecified atom stereocenters. The lowest BCUT2D eigenvalue weighted by Gasteiger charge is -2.34. The first-order valence-electron chi connectivity index (χ1n) is 13.4. The van der Waals surface area contributed by atoms with E-state index in [4.69, 9.17) is 14.2 Å². The third-order valence-corrected chi connectivity index (χ3v) is 6.70. The first kappa shape index (κ1) is 28.7. The molecule has 1 aliphatic rings. The second kappa shape index (κ2) is 12.7. The Morgan fingerprint density at radius 1 is 0.800 bits per heavy atom. The summed E-state index contributed by atoms with van der Waals surface area (Å²) in [4.78, 5) is 12.0. The number of hydrogen-bond donors (Lipinski definition) is 2. The second-order valence-electron chi connectivity index (χ2n) is 10.4. The number of ether oxygens (including phenoxy) is 3. The van der Waals surface area contributed by atoms with Gasteiger partial charge in [-0.3, -0.25) is 4.79 Å². The smallest absolute Gasteiger partial charge is 0.269 e. The molecule has 0 spiro atoms. The van der Waals surface area contributed by atoms with Crippen LogP contribution in [-0.4, -0.2) is 29.2 Å². The lowest BCUT2D eigenvalue weighted by atomic mass is 9.98. The van der Waals surface area contributed by atoms with Crippen LogP contribution in [0.5, 0.6) is 23.0 Å². The number of aromatic hydroxyl groups is 1. The maximum atomic E-state index is 12.0. The number of phenolic OH excluding ortho intramolecular Hbond substituents is 1. The molecule has 40 heavy (non-hydrogen) atoms. The number of fused-ring (bicyclic) bond motifs is 1. The Hall–Kier alpha value is -4.29. The van der Waals surface area contributed by atoms with E-state index in [0.717, 1.165) is 0 Å². The van der Waals surface area contributed by atoms with Crippen LogP contribution in [0.3, 0.4) is 0 Å². The normalized spacial score (nSPS) is 15.8. The molecule has 4 aromatic rings. The van der Waals surface area contributed by atoms with Crippen LogP contribution in [-0.2, 0) is 5.79 Å². The summed E-state index contributed by atoms with van der Waals surface area (Å²) in [5.74, 6) is 0.951. The van der Waals surface area contributed by atoms with E-state index in [1.165, 1.54) is 17.2 Å². The van der Waals surface area contributed by atoms with Gasteiger partial charge in [-0.05, 0) is 47.2 Å². The summed E-state index contributed by atoms with van der Waals surface area (Å²) in [6, 6.07) is 29.3. The minimum Gasteiger partial charge on any atom is -0.504 e. The van der Waals surface area contributed by atoms with Gasteiger partial charge < -0.3 is 24.4 Å². The molecule has 1 aliphatic heterocycles. The Morgan fingerprint density at radius 3 is 1.95 bits per heavy atom. The zero-order valence-electron chi connectivity index (χ0n) is 23.3. The average Bonchev–Trinajstić information content (AvgIpc) is 2.97. The van der Waals surface area contributed by atoms with Crippen molar-refractivity contribution < 1.29 is 29.2 Å². The minimum atomic E-state index is -1.43. The average molecular weight is 541 g/mol. The summed E-state index contributed by atoms with van der Waals surface area (Å²) >= 11 is 0. The number of Topliss-reactive ketones (excluding diaryl/α,β-unsaturated/α-hetero) is 1. The van der Waals surface area contributed by atoms with Gasteiger partial charge >= 0.3 is 0 Å². The van der Waals surface area contributed by atoms with E-state index in [-0.39, 0.29) is 24.7 Å². The molecule has 5 rings (SSSR count). The Bertz CT molecular complexity index is 1410. The van der Waals surface area contributed by atoms with Gasteiger partial charge in [0.1, 0.15) is 0 Å². The SMILES string of the molecule is CC(C)c1ccc(C(=O)COc2ccccc2O)cc1.CC(C)c1ccc(C2(O)COc3ccccc3O2)cc1. The van der Waals surface area contributed by atoms with Gasteiger partial charge in [0, 0.05) is 11.1 Å². The van der Waals surface area contributed by atoms with E-state index in [0.29, 0.717) is 40.2 Å². The predicted molar refractivity (Wildman–Crippen MR) is 155 cm³/mol. The molecule has 0 aliphatic carbocycles. The van der Waals surface area contributed by atoms with Crippen molar-refractivity contribution in [2.75, 3.05) is 13.2 Å². The molecule has 0 bridgehead atoms. The summed E-state index contributed by atoms with van der Waals surface area (Å²) < 4.78 is 16.7. The van der Waals surface area contributed by atoms with Gasteiger partial charge in [-0.15, -0.1) is 0 Å². The third kappa shape index (κ3) is 7.01. The fourth-order valence-electron chi connectivity index (χ4n) is 4.17. The maximum absolute atomic E-state index is 12.0. The highest BCUT2D eigenvalue weighted by atomic mass is 16.7. The van der Waals surface area contributed by atoms with E-state index >= 15 is 0 Å². The first-order valence-corrected chi connectivity index (χ1v) is 13.4. The number of benzene rings is 4. The van der Waals surface area contributed by atoms with Crippen molar-refractivity contribution >= 4 is 5.78 Å². The van der Waals surface area contributed by atoms with Crippen molar-refractivity contribution in [3.63, 3.8) is 0 Å². The Morgan fingerprint density at radius 2 is 1.35 bits per heavy atom. The highest BCUT2D eigenvalue weighted by molar-refractivity contribution is 5.97. The Balaban J connectivity index is 0.000000185. The number of carbonyl (C=O) groups excluding carboxylic acids is 1. The van der Waals surface area contributed by atoms with Gasteiger partial charge in [-0.2, -0.15) is 0 Å². The highest BCUT2D eigenvalue weighted by Crippen LogP contribution is 2.38. The second-order valence-corrected chi connectivity index (χ2v) is 10.4. The molecule has 0 fully saturated rings. The number of hydrogen-bond acceptors (Lipinski definition) is 6. The summed E-state index contributed by atoms with van der Waals surface area (Å²) in [5, 5.41) is 20.2. The zero-order valence-corrected chi connectivity index (χ0v) is 23.3. The van der Waals surface area contributed by atoms with E-state index in [2.05, 4.69) is 27.7 Å². The van der Waals surface area contributed by atoms with E-state index in [1.807, 2.05) is 66.7 Å². The lowest BCUT2D eigenvalue weighted by molar-refractivity contribution is -0.182. The number of ketones is 1. The Labute approximate surface area is 235 Å². The van der Waals surface area contributed by atoms with Crippen molar-refractivity contribution in [2.24, 2.45) is 0 Å². The summed E-state index contributed by atoms with van der Waals surface area (Å²) in [7, 11) is 0. The maximum Gasteiger partial charge on any atom is 0.269 e. The third-order valence-electron chi connectivity index (χ3n) is 6.70. The van der Waals surface area contributed by atoms with Crippen LogP contribution in [0.4, 0.5) is 0 Å². The number of phenols is 1.